The summed E-state index contributed by atoms with van der Waals surface area (Å²) in [6, 6.07) is 5.93. The molecule has 1 atom stereocenters. The Morgan fingerprint density at radius 2 is 2.24 bits per heavy atom. The fraction of sp³-hybridized carbons (Fsp3) is 0.538. The van der Waals surface area contributed by atoms with E-state index in [0.717, 1.165) is 21.6 Å². The molecule has 94 valence electrons. The van der Waals surface area contributed by atoms with Gasteiger partial charge < -0.3 is 11.1 Å². The van der Waals surface area contributed by atoms with Crippen LogP contribution in [0, 0.1) is 5.92 Å². The van der Waals surface area contributed by atoms with Crippen LogP contribution < -0.4 is 11.1 Å². The predicted octanol–water partition coefficient (Wildman–Crippen LogP) is 4.03. The van der Waals surface area contributed by atoms with Crippen LogP contribution >= 0.6 is 27.5 Å². The molecule has 1 aromatic carbocycles. The minimum atomic E-state index is 0.0489. The van der Waals surface area contributed by atoms with E-state index in [2.05, 4.69) is 28.2 Å². The van der Waals surface area contributed by atoms with Crippen molar-refractivity contribution in [2.45, 2.75) is 31.7 Å². The van der Waals surface area contributed by atoms with E-state index in [1.165, 1.54) is 12.8 Å². The first-order valence-electron chi connectivity index (χ1n) is 6.04. The Labute approximate surface area is 116 Å². The fourth-order valence-electron chi connectivity index (χ4n) is 2.34. The van der Waals surface area contributed by atoms with Gasteiger partial charge in [0, 0.05) is 16.7 Å². The summed E-state index contributed by atoms with van der Waals surface area (Å²) in [6.45, 7) is 2.87. The van der Waals surface area contributed by atoms with Crippen LogP contribution in [0.2, 0.25) is 5.02 Å². The van der Waals surface area contributed by atoms with Crippen LogP contribution in [0.3, 0.4) is 0 Å². The normalized spacial score (nSPS) is 18.8. The smallest absolute Gasteiger partial charge is 0.0549 e. The minimum Gasteiger partial charge on any atom is -0.378 e. The highest BCUT2D eigenvalue weighted by Gasteiger charge is 2.42. The lowest BCUT2D eigenvalue weighted by atomic mass is 9.89. The van der Waals surface area contributed by atoms with Gasteiger partial charge in [-0.1, -0.05) is 18.5 Å². The molecular formula is C13H18BrClN2. The molecule has 0 amide bonds. The molecule has 0 radical (unpaired) electrons. The average Bonchev–Trinajstić information content (AvgIpc) is 3.15. The first-order valence-corrected chi connectivity index (χ1v) is 7.21. The summed E-state index contributed by atoms with van der Waals surface area (Å²) in [4.78, 5) is 0. The third-order valence-corrected chi connectivity index (χ3v) is 4.88. The second-order valence-electron chi connectivity index (χ2n) is 4.74. The molecule has 0 bridgehead atoms. The standard InChI is InChI=1S/C13H18BrClN2/c1-2-13(8-16,9-3-4-9)17-10-5-6-12(15)11(14)7-10/h5-7,9,17H,2-4,8,16H2,1H3. The van der Waals surface area contributed by atoms with Gasteiger partial charge in [0.2, 0.25) is 0 Å². The summed E-state index contributed by atoms with van der Waals surface area (Å²) in [5, 5.41) is 4.34. The fourth-order valence-corrected chi connectivity index (χ4v) is 2.83. The van der Waals surface area contributed by atoms with E-state index in [9.17, 15) is 0 Å². The third-order valence-electron chi connectivity index (χ3n) is 3.67. The van der Waals surface area contributed by atoms with E-state index in [1.54, 1.807) is 0 Å². The van der Waals surface area contributed by atoms with Crippen molar-refractivity contribution in [2.24, 2.45) is 11.7 Å². The summed E-state index contributed by atoms with van der Waals surface area (Å²) in [5.41, 5.74) is 7.11. The topological polar surface area (TPSA) is 38.0 Å². The number of nitrogens with two attached hydrogens (primary N) is 1. The Morgan fingerprint density at radius 3 is 2.71 bits per heavy atom. The molecular weight excluding hydrogens is 300 g/mol. The molecule has 1 saturated carbocycles. The highest BCUT2D eigenvalue weighted by Crippen LogP contribution is 2.43. The Bertz CT molecular complexity index is 400. The zero-order valence-electron chi connectivity index (χ0n) is 9.97. The lowest BCUT2D eigenvalue weighted by Gasteiger charge is -2.34. The van der Waals surface area contributed by atoms with Gasteiger partial charge in [0.15, 0.2) is 0 Å². The lowest BCUT2D eigenvalue weighted by molar-refractivity contribution is 0.404. The Morgan fingerprint density at radius 1 is 1.53 bits per heavy atom. The Hall–Kier alpha value is -0.250. The van der Waals surface area contributed by atoms with Crippen molar-refractivity contribution in [3.8, 4) is 0 Å². The van der Waals surface area contributed by atoms with Crippen LogP contribution in [0.4, 0.5) is 5.69 Å². The Kier molecular flexibility index (Phi) is 4.01. The second kappa shape index (κ2) is 5.17. The van der Waals surface area contributed by atoms with Crippen molar-refractivity contribution in [2.75, 3.05) is 11.9 Å². The number of benzene rings is 1. The summed E-state index contributed by atoms with van der Waals surface area (Å²) in [5.74, 6) is 0.715. The monoisotopic (exact) mass is 316 g/mol. The summed E-state index contributed by atoms with van der Waals surface area (Å²) in [7, 11) is 0. The van der Waals surface area contributed by atoms with Crippen LogP contribution in [0.25, 0.3) is 0 Å². The number of nitrogens with one attached hydrogen (secondary N) is 1. The van der Waals surface area contributed by atoms with Gasteiger partial charge in [-0.3, -0.25) is 0 Å². The predicted molar refractivity (Wildman–Crippen MR) is 77.6 cm³/mol. The molecule has 2 nitrogen and oxygen atoms in total. The molecule has 3 N–H and O–H groups in total. The van der Waals surface area contributed by atoms with Gasteiger partial charge in [-0.25, -0.2) is 0 Å². The van der Waals surface area contributed by atoms with Crippen molar-refractivity contribution in [3.05, 3.63) is 27.7 Å². The molecule has 0 aliphatic heterocycles. The largest absolute Gasteiger partial charge is 0.378 e. The number of anilines is 1. The van der Waals surface area contributed by atoms with Crippen molar-refractivity contribution in [1.29, 1.82) is 0 Å². The second-order valence-corrected chi connectivity index (χ2v) is 6.00. The highest BCUT2D eigenvalue weighted by atomic mass is 79.9. The van der Waals surface area contributed by atoms with E-state index >= 15 is 0 Å². The number of halogens is 2. The van der Waals surface area contributed by atoms with E-state index in [0.29, 0.717) is 12.5 Å². The van der Waals surface area contributed by atoms with Gasteiger partial charge in [0.25, 0.3) is 0 Å². The number of hydrogen-bond donors (Lipinski definition) is 2. The minimum absolute atomic E-state index is 0.0489. The molecule has 1 aromatic rings. The Balaban J connectivity index is 2.19. The molecule has 1 aliphatic rings. The average molecular weight is 318 g/mol. The van der Waals surface area contributed by atoms with Crippen LogP contribution in [0.1, 0.15) is 26.2 Å². The molecule has 2 rings (SSSR count). The van der Waals surface area contributed by atoms with Crippen molar-refractivity contribution < 1.29 is 0 Å². The molecule has 0 aromatic heterocycles. The van der Waals surface area contributed by atoms with Gasteiger partial charge in [0.05, 0.1) is 10.6 Å². The lowest BCUT2D eigenvalue weighted by Crippen LogP contribution is -2.47. The van der Waals surface area contributed by atoms with E-state index in [1.807, 2.05) is 18.2 Å². The molecule has 0 saturated heterocycles. The van der Waals surface area contributed by atoms with Crippen LogP contribution in [0.5, 0.6) is 0 Å². The molecule has 4 heteroatoms. The van der Waals surface area contributed by atoms with E-state index in [-0.39, 0.29) is 5.54 Å². The maximum Gasteiger partial charge on any atom is 0.0549 e. The van der Waals surface area contributed by atoms with E-state index in [4.69, 9.17) is 17.3 Å². The molecule has 1 fully saturated rings. The van der Waals surface area contributed by atoms with E-state index < -0.39 is 0 Å². The van der Waals surface area contributed by atoms with Crippen molar-refractivity contribution in [3.63, 3.8) is 0 Å². The molecule has 1 unspecified atom stereocenters. The third kappa shape index (κ3) is 2.78. The maximum absolute atomic E-state index is 6.00. The first kappa shape index (κ1) is 13.2. The van der Waals surface area contributed by atoms with Gasteiger partial charge in [-0.2, -0.15) is 0 Å². The molecule has 1 aliphatic carbocycles. The van der Waals surface area contributed by atoms with Gasteiger partial charge in [-0.05, 0) is 59.3 Å². The zero-order chi connectivity index (χ0) is 12.5. The van der Waals surface area contributed by atoms with Crippen molar-refractivity contribution >= 4 is 33.2 Å². The summed E-state index contributed by atoms with van der Waals surface area (Å²) >= 11 is 9.44. The number of rotatable bonds is 5. The molecule has 17 heavy (non-hydrogen) atoms. The molecule has 0 spiro atoms. The number of hydrogen-bond acceptors (Lipinski definition) is 2. The summed E-state index contributed by atoms with van der Waals surface area (Å²) in [6.07, 6.45) is 3.62. The van der Waals surface area contributed by atoms with Crippen LogP contribution in [-0.2, 0) is 0 Å². The zero-order valence-corrected chi connectivity index (χ0v) is 12.3. The summed E-state index contributed by atoms with van der Waals surface area (Å²) < 4.78 is 0.919. The van der Waals surface area contributed by atoms with Crippen molar-refractivity contribution in [1.82, 2.24) is 0 Å². The highest BCUT2D eigenvalue weighted by molar-refractivity contribution is 9.10. The van der Waals surface area contributed by atoms with Gasteiger partial charge >= 0.3 is 0 Å². The maximum atomic E-state index is 6.00. The van der Waals surface area contributed by atoms with Crippen LogP contribution in [-0.4, -0.2) is 12.1 Å². The molecule has 0 heterocycles. The van der Waals surface area contributed by atoms with Gasteiger partial charge in [0.1, 0.15) is 0 Å². The first-order chi connectivity index (χ1) is 8.11. The quantitative estimate of drug-likeness (QED) is 0.860. The van der Waals surface area contributed by atoms with Gasteiger partial charge in [-0.15, -0.1) is 0 Å². The van der Waals surface area contributed by atoms with Crippen LogP contribution in [0.15, 0.2) is 22.7 Å². The SMILES string of the molecule is CCC(CN)(Nc1ccc(Cl)c(Br)c1)C1CC1.